The van der Waals surface area contributed by atoms with Crippen LogP contribution in [0.1, 0.15) is 25.3 Å². The van der Waals surface area contributed by atoms with Gasteiger partial charge in [-0.2, -0.15) is 5.26 Å². The van der Waals surface area contributed by atoms with E-state index in [0.29, 0.717) is 24.4 Å². The summed E-state index contributed by atoms with van der Waals surface area (Å²) in [5, 5.41) is 11.7. The average molecular weight is 315 g/mol. The quantitative estimate of drug-likeness (QED) is 0.837. The van der Waals surface area contributed by atoms with Crippen molar-refractivity contribution in [2.45, 2.75) is 19.8 Å². The van der Waals surface area contributed by atoms with Crippen LogP contribution in [-0.4, -0.2) is 43.0 Å². The van der Waals surface area contributed by atoms with Gasteiger partial charge in [-0.3, -0.25) is 14.5 Å². The Balaban J connectivity index is 1.87. The summed E-state index contributed by atoms with van der Waals surface area (Å²) in [6.07, 6.45) is 1.68. The van der Waals surface area contributed by atoms with Crippen LogP contribution >= 0.6 is 0 Å². The fourth-order valence-electron chi connectivity index (χ4n) is 2.72. The van der Waals surface area contributed by atoms with Crippen LogP contribution in [0.3, 0.4) is 0 Å². The van der Waals surface area contributed by atoms with E-state index in [1.54, 1.807) is 31.2 Å². The van der Waals surface area contributed by atoms with Crippen molar-refractivity contribution < 1.29 is 14.3 Å². The number of ether oxygens (including phenoxy) is 1. The van der Waals surface area contributed by atoms with E-state index in [1.807, 2.05) is 11.0 Å². The van der Waals surface area contributed by atoms with Gasteiger partial charge in [-0.15, -0.1) is 0 Å². The first kappa shape index (κ1) is 17.0. The predicted octanol–water partition coefficient (Wildman–Crippen LogP) is 1.77. The number of hydrogen-bond acceptors (Lipinski definition) is 5. The van der Waals surface area contributed by atoms with Crippen LogP contribution in [0.2, 0.25) is 0 Å². The standard InChI is InChI=1S/C17H21N3O3/c1-2-23-17(22)14-6-4-8-20(11-14)12-16(21)19-15-7-3-5-13(9-15)10-18/h3,5,7,9,14H,2,4,6,8,11-12H2,1H3,(H,19,21)/t14-/m0/s1. The molecule has 6 heteroatoms. The lowest BCUT2D eigenvalue weighted by Crippen LogP contribution is -2.43. The maximum Gasteiger partial charge on any atom is 0.310 e. The minimum atomic E-state index is -0.181. The first-order valence-corrected chi connectivity index (χ1v) is 7.81. The maximum absolute atomic E-state index is 12.1. The molecule has 23 heavy (non-hydrogen) atoms. The molecule has 1 atom stereocenters. The van der Waals surface area contributed by atoms with Gasteiger partial charge in [0.2, 0.25) is 5.91 Å². The normalized spacial score (nSPS) is 18.0. The lowest BCUT2D eigenvalue weighted by molar-refractivity contribution is -0.150. The second-order valence-corrected chi connectivity index (χ2v) is 5.57. The molecule has 1 N–H and O–H groups in total. The van der Waals surface area contributed by atoms with Crippen LogP contribution in [0.25, 0.3) is 0 Å². The number of esters is 1. The van der Waals surface area contributed by atoms with Crippen molar-refractivity contribution in [3.63, 3.8) is 0 Å². The van der Waals surface area contributed by atoms with E-state index in [2.05, 4.69) is 5.32 Å². The van der Waals surface area contributed by atoms with Crippen molar-refractivity contribution in [3.8, 4) is 6.07 Å². The van der Waals surface area contributed by atoms with Gasteiger partial charge in [0.05, 0.1) is 30.7 Å². The molecule has 0 saturated carbocycles. The van der Waals surface area contributed by atoms with Crippen LogP contribution in [-0.2, 0) is 14.3 Å². The van der Waals surface area contributed by atoms with Crippen molar-refractivity contribution in [2.75, 3.05) is 31.6 Å². The Kier molecular flexibility index (Phi) is 6.12. The number of nitrogens with one attached hydrogen (secondary N) is 1. The molecule has 0 unspecified atom stereocenters. The van der Waals surface area contributed by atoms with Gasteiger partial charge in [0.15, 0.2) is 0 Å². The summed E-state index contributed by atoms with van der Waals surface area (Å²) in [5.41, 5.74) is 1.11. The van der Waals surface area contributed by atoms with Gasteiger partial charge in [-0.1, -0.05) is 6.07 Å². The van der Waals surface area contributed by atoms with Crippen LogP contribution in [0.15, 0.2) is 24.3 Å². The van der Waals surface area contributed by atoms with Crippen molar-refractivity contribution in [1.29, 1.82) is 5.26 Å². The molecule has 1 aliphatic heterocycles. The summed E-state index contributed by atoms with van der Waals surface area (Å²) < 4.78 is 5.06. The van der Waals surface area contributed by atoms with Crippen LogP contribution < -0.4 is 5.32 Å². The molecule has 1 aromatic rings. The van der Waals surface area contributed by atoms with E-state index in [9.17, 15) is 9.59 Å². The van der Waals surface area contributed by atoms with Gasteiger partial charge < -0.3 is 10.1 Å². The highest BCUT2D eigenvalue weighted by Gasteiger charge is 2.27. The van der Waals surface area contributed by atoms with Crippen LogP contribution in [0.4, 0.5) is 5.69 Å². The molecule has 122 valence electrons. The van der Waals surface area contributed by atoms with Gasteiger partial charge in [0, 0.05) is 12.2 Å². The number of carbonyl (C=O) groups excluding carboxylic acids is 2. The number of rotatable bonds is 5. The molecular formula is C17H21N3O3. The Bertz CT molecular complexity index is 609. The minimum Gasteiger partial charge on any atom is -0.466 e. The molecule has 1 aliphatic rings. The first-order valence-electron chi connectivity index (χ1n) is 7.81. The van der Waals surface area contributed by atoms with Gasteiger partial charge in [-0.25, -0.2) is 0 Å². The van der Waals surface area contributed by atoms with E-state index in [1.165, 1.54) is 0 Å². The van der Waals surface area contributed by atoms with Crippen LogP contribution in [0.5, 0.6) is 0 Å². The molecule has 0 aliphatic carbocycles. The topological polar surface area (TPSA) is 82.4 Å². The summed E-state index contributed by atoms with van der Waals surface area (Å²) in [7, 11) is 0. The Morgan fingerprint density at radius 2 is 2.30 bits per heavy atom. The van der Waals surface area contributed by atoms with Crippen molar-refractivity contribution in [2.24, 2.45) is 5.92 Å². The summed E-state index contributed by atoms with van der Waals surface area (Å²) in [4.78, 5) is 25.9. The minimum absolute atomic E-state index is 0.149. The van der Waals surface area contributed by atoms with Crippen molar-refractivity contribution >= 4 is 17.6 Å². The van der Waals surface area contributed by atoms with Crippen LogP contribution in [0, 0.1) is 17.2 Å². The lowest BCUT2D eigenvalue weighted by Gasteiger charge is -2.30. The highest BCUT2D eigenvalue weighted by atomic mass is 16.5. The van der Waals surface area contributed by atoms with E-state index in [-0.39, 0.29) is 24.3 Å². The molecule has 1 heterocycles. The number of hydrogen-bond donors (Lipinski definition) is 1. The van der Waals surface area contributed by atoms with Crippen molar-refractivity contribution in [3.05, 3.63) is 29.8 Å². The van der Waals surface area contributed by atoms with Gasteiger partial charge in [-0.05, 0) is 44.5 Å². The summed E-state index contributed by atoms with van der Waals surface area (Å²) >= 11 is 0. The second-order valence-electron chi connectivity index (χ2n) is 5.57. The second kappa shape index (κ2) is 8.30. The third-order valence-corrected chi connectivity index (χ3v) is 3.77. The smallest absolute Gasteiger partial charge is 0.310 e. The maximum atomic E-state index is 12.1. The SMILES string of the molecule is CCOC(=O)[C@H]1CCCN(CC(=O)Nc2cccc(C#N)c2)C1. The van der Waals surface area contributed by atoms with Gasteiger partial charge in [0.1, 0.15) is 0 Å². The molecule has 6 nitrogen and oxygen atoms in total. The molecule has 1 aromatic carbocycles. The number of benzene rings is 1. The Hall–Kier alpha value is -2.39. The van der Waals surface area contributed by atoms with E-state index >= 15 is 0 Å². The number of piperidine rings is 1. The third-order valence-electron chi connectivity index (χ3n) is 3.77. The molecule has 0 spiro atoms. The third kappa shape index (κ3) is 5.08. The Morgan fingerprint density at radius 1 is 1.48 bits per heavy atom. The predicted molar refractivity (Wildman–Crippen MR) is 85.6 cm³/mol. The lowest BCUT2D eigenvalue weighted by atomic mass is 9.98. The largest absolute Gasteiger partial charge is 0.466 e. The molecule has 0 bridgehead atoms. The number of amides is 1. The highest BCUT2D eigenvalue weighted by Crippen LogP contribution is 2.18. The van der Waals surface area contributed by atoms with Gasteiger partial charge >= 0.3 is 5.97 Å². The number of nitrogens with zero attached hydrogens (tertiary/aromatic N) is 2. The number of likely N-dealkylation sites (tertiary alicyclic amines) is 1. The molecule has 1 fully saturated rings. The summed E-state index contributed by atoms with van der Waals surface area (Å²) in [5.74, 6) is -0.484. The van der Waals surface area contributed by atoms with E-state index in [4.69, 9.17) is 10.00 Å². The number of nitriles is 1. The molecule has 1 saturated heterocycles. The summed E-state index contributed by atoms with van der Waals surface area (Å²) in [6, 6.07) is 8.83. The fraction of sp³-hybridized carbons (Fsp3) is 0.471. The molecule has 0 aromatic heterocycles. The molecule has 0 radical (unpaired) electrons. The first-order chi connectivity index (χ1) is 11.1. The fourth-order valence-corrected chi connectivity index (χ4v) is 2.72. The summed E-state index contributed by atoms with van der Waals surface area (Å²) in [6.45, 7) is 3.74. The Labute approximate surface area is 136 Å². The Morgan fingerprint density at radius 3 is 3.04 bits per heavy atom. The number of carbonyl (C=O) groups is 2. The zero-order valence-corrected chi connectivity index (χ0v) is 13.2. The number of anilines is 1. The van der Waals surface area contributed by atoms with E-state index < -0.39 is 0 Å². The van der Waals surface area contributed by atoms with Gasteiger partial charge in [0.25, 0.3) is 0 Å². The molecular weight excluding hydrogens is 294 g/mol. The monoisotopic (exact) mass is 315 g/mol. The molecule has 1 amide bonds. The zero-order valence-electron chi connectivity index (χ0n) is 13.2. The average Bonchev–Trinajstić information content (AvgIpc) is 2.55. The van der Waals surface area contributed by atoms with Crippen molar-refractivity contribution in [1.82, 2.24) is 4.90 Å². The molecule has 2 rings (SSSR count). The van der Waals surface area contributed by atoms with E-state index in [0.717, 1.165) is 19.4 Å². The highest BCUT2D eigenvalue weighted by molar-refractivity contribution is 5.92. The zero-order chi connectivity index (χ0) is 16.7.